The van der Waals surface area contributed by atoms with Gasteiger partial charge in [-0.25, -0.2) is 0 Å². The largest absolute Gasteiger partial charge is 0.422 e. The Bertz CT molecular complexity index is 1710. The molecule has 3 heterocycles. The van der Waals surface area contributed by atoms with Gasteiger partial charge in [0.15, 0.2) is 5.58 Å². The van der Waals surface area contributed by atoms with E-state index in [9.17, 15) is 0 Å². The van der Waals surface area contributed by atoms with Crippen LogP contribution in [0.2, 0.25) is 0 Å². The van der Waals surface area contributed by atoms with Crippen LogP contribution in [0.5, 0.6) is 0 Å². The minimum Gasteiger partial charge on any atom is -0.422 e. The van der Waals surface area contributed by atoms with Crippen LogP contribution in [0.3, 0.4) is 0 Å². The third kappa shape index (κ3) is 1.95. The summed E-state index contributed by atoms with van der Waals surface area (Å²) in [4.78, 5) is 8.15. The third-order valence-electron chi connectivity index (χ3n) is 5.78. The highest BCUT2D eigenvalue weighted by Gasteiger charge is 2.16. The highest BCUT2D eigenvalue weighted by molar-refractivity contribution is 6.09. The zero-order valence-corrected chi connectivity index (χ0v) is 15.4. The van der Waals surface area contributed by atoms with Crippen LogP contribution in [-0.4, -0.2) is 14.4 Å². The molecule has 7 rings (SSSR count). The van der Waals surface area contributed by atoms with Gasteiger partial charge in [0.2, 0.25) is 0 Å². The van der Waals surface area contributed by atoms with E-state index in [4.69, 9.17) is 4.42 Å². The van der Waals surface area contributed by atoms with Crippen LogP contribution in [0.4, 0.5) is 0 Å². The van der Waals surface area contributed by atoms with Crippen LogP contribution in [0.15, 0.2) is 89.3 Å². The zero-order chi connectivity index (χ0) is 18.9. The van der Waals surface area contributed by atoms with Gasteiger partial charge in [-0.2, -0.15) is 4.98 Å². The predicted octanol–water partition coefficient (Wildman–Crippen LogP) is 6.54. The fraction of sp³-hybridized carbons (Fsp3) is 0. The number of benzene rings is 4. The zero-order valence-electron chi connectivity index (χ0n) is 15.4. The normalized spacial score (nSPS) is 12.1. The molecule has 0 spiro atoms. The van der Waals surface area contributed by atoms with Gasteiger partial charge in [0.25, 0.3) is 0 Å². The van der Waals surface area contributed by atoms with Gasteiger partial charge in [-0.3, -0.25) is 4.40 Å². The Morgan fingerprint density at radius 2 is 1.55 bits per heavy atom. The maximum atomic E-state index is 6.25. The summed E-state index contributed by atoms with van der Waals surface area (Å²) in [7, 11) is 0. The van der Waals surface area contributed by atoms with Gasteiger partial charge in [-0.15, -0.1) is 0 Å². The first-order valence-corrected chi connectivity index (χ1v) is 9.66. The van der Waals surface area contributed by atoms with Crippen molar-refractivity contribution in [2.75, 3.05) is 0 Å². The first-order chi connectivity index (χ1) is 14.4. The Morgan fingerprint density at radius 1 is 0.724 bits per heavy atom. The lowest BCUT2D eigenvalue weighted by molar-refractivity contribution is 0.644. The van der Waals surface area contributed by atoms with E-state index in [1.54, 1.807) is 0 Å². The lowest BCUT2D eigenvalue weighted by Crippen LogP contribution is -1.83. The van der Waals surface area contributed by atoms with Gasteiger partial charge in [-0.1, -0.05) is 48.5 Å². The number of aromatic nitrogens is 3. The van der Waals surface area contributed by atoms with E-state index in [-0.39, 0.29) is 0 Å². The Hall–Kier alpha value is -4.05. The van der Waals surface area contributed by atoms with Crippen molar-refractivity contribution in [2.45, 2.75) is 0 Å². The van der Waals surface area contributed by atoms with E-state index in [1.165, 1.54) is 10.8 Å². The highest BCUT2D eigenvalue weighted by Crippen LogP contribution is 2.35. The number of rotatable bonds is 1. The average Bonchev–Trinajstić information content (AvgIpc) is 3.42. The standard InChI is InChI=1S/C25H15N3O/c1-2-8-19-17(6-1)18-14-15(12-13-20(18)26-19)16-7-5-11-23-24(16)29-25-27-21-9-3-4-10-22(21)28(23)25/h1-14,26H. The van der Waals surface area contributed by atoms with Crippen molar-refractivity contribution in [3.63, 3.8) is 0 Å². The Kier molecular flexibility index (Phi) is 2.71. The summed E-state index contributed by atoms with van der Waals surface area (Å²) in [5.41, 5.74) is 8.40. The first-order valence-electron chi connectivity index (χ1n) is 9.66. The van der Waals surface area contributed by atoms with E-state index >= 15 is 0 Å². The van der Waals surface area contributed by atoms with E-state index in [1.807, 2.05) is 18.2 Å². The minimum absolute atomic E-state index is 0.627. The summed E-state index contributed by atoms with van der Waals surface area (Å²) in [5, 5.41) is 2.45. The van der Waals surface area contributed by atoms with E-state index in [0.29, 0.717) is 5.84 Å². The number of nitrogens with zero attached hydrogens (tertiary/aromatic N) is 2. The van der Waals surface area contributed by atoms with E-state index in [0.717, 1.165) is 44.3 Å². The van der Waals surface area contributed by atoms with Crippen LogP contribution in [0, 0.1) is 0 Å². The second kappa shape index (κ2) is 5.26. The number of H-pyrrole nitrogens is 1. The first kappa shape index (κ1) is 14.9. The molecule has 0 radical (unpaired) electrons. The number of imidazole rings is 1. The van der Waals surface area contributed by atoms with Crippen LogP contribution in [0.1, 0.15) is 0 Å². The number of aromatic amines is 1. The second-order valence-corrected chi connectivity index (χ2v) is 7.41. The summed E-state index contributed by atoms with van der Waals surface area (Å²) in [6.07, 6.45) is 0. The van der Waals surface area contributed by atoms with Gasteiger partial charge in [0.05, 0.1) is 16.6 Å². The summed E-state index contributed by atoms with van der Waals surface area (Å²) in [5.74, 6) is 0.627. The number of oxazole rings is 1. The summed E-state index contributed by atoms with van der Waals surface area (Å²) < 4.78 is 8.34. The molecule has 0 amide bonds. The van der Waals surface area contributed by atoms with Crippen molar-refractivity contribution >= 4 is 49.8 Å². The van der Waals surface area contributed by atoms with Gasteiger partial charge in [0, 0.05) is 27.4 Å². The summed E-state index contributed by atoms with van der Waals surface area (Å²) in [6.45, 7) is 0. The van der Waals surface area contributed by atoms with Gasteiger partial charge in [-0.05, 0) is 42.0 Å². The van der Waals surface area contributed by atoms with Crippen LogP contribution in [-0.2, 0) is 0 Å². The van der Waals surface area contributed by atoms with Crippen LogP contribution >= 0.6 is 0 Å². The number of fused-ring (bicyclic) bond motifs is 8. The van der Waals surface area contributed by atoms with Crippen LogP contribution < -0.4 is 0 Å². The number of hydrogen-bond donors (Lipinski definition) is 1. The molecule has 0 aliphatic carbocycles. The van der Waals surface area contributed by atoms with Crippen molar-refractivity contribution in [1.82, 2.24) is 14.4 Å². The van der Waals surface area contributed by atoms with Gasteiger partial charge in [0.1, 0.15) is 0 Å². The number of para-hydroxylation sites is 4. The molecule has 29 heavy (non-hydrogen) atoms. The molecule has 1 N–H and O–H groups in total. The minimum atomic E-state index is 0.627. The van der Waals surface area contributed by atoms with Crippen molar-refractivity contribution in [3.8, 4) is 11.1 Å². The van der Waals surface area contributed by atoms with Gasteiger partial charge < -0.3 is 9.40 Å². The molecule has 4 heteroatoms. The molecular weight excluding hydrogens is 358 g/mol. The lowest BCUT2D eigenvalue weighted by Gasteiger charge is -2.03. The molecule has 4 nitrogen and oxygen atoms in total. The van der Waals surface area contributed by atoms with Crippen LogP contribution in [0.25, 0.3) is 60.9 Å². The van der Waals surface area contributed by atoms with E-state index < -0.39 is 0 Å². The molecule has 0 saturated heterocycles. The molecular formula is C25H15N3O. The van der Waals surface area contributed by atoms with Crippen molar-refractivity contribution in [3.05, 3.63) is 84.9 Å². The molecule has 4 aromatic carbocycles. The predicted molar refractivity (Wildman–Crippen MR) is 117 cm³/mol. The monoisotopic (exact) mass is 373 g/mol. The van der Waals surface area contributed by atoms with E-state index in [2.05, 4.69) is 81.1 Å². The fourth-order valence-corrected chi connectivity index (χ4v) is 4.45. The maximum Gasteiger partial charge on any atom is 0.307 e. The molecule has 7 aromatic rings. The summed E-state index contributed by atoms with van der Waals surface area (Å²) in [6, 6.07) is 29.4. The molecule has 0 unspecified atom stereocenters. The summed E-state index contributed by atoms with van der Waals surface area (Å²) >= 11 is 0. The average molecular weight is 373 g/mol. The quantitative estimate of drug-likeness (QED) is 0.355. The Balaban J connectivity index is 1.55. The molecule has 0 aliphatic rings. The molecule has 0 bridgehead atoms. The third-order valence-corrected chi connectivity index (χ3v) is 5.78. The smallest absolute Gasteiger partial charge is 0.307 e. The maximum absolute atomic E-state index is 6.25. The molecule has 0 saturated carbocycles. The molecule has 3 aromatic heterocycles. The molecule has 136 valence electrons. The molecule has 0 fully saturated rings. The lowest BCUT2D eigenvalue weighted by atomic mass is 10.0. The SMILES string of the molecule is c1ccc2c(c1)nc1oc3c(-c4ccc5[nH]c6ccccc6c5c4)cccc3n12. The highest BCUT2D eigenvalue weighted by atomic mass is 16.4. The van der Waals surface area contributed by atoms with Crippen molar-refractivity contribution in [1.29, 1.82) is 0 Å². The molecule has 0 atom stereocenters. The second-order valence-electron chi connectivity index (χ2n) is 7.41. The Labute approximate surface area is 165 Å². The van der Waals surface area contributed by atoms with Crippen molar-refractivity contribution < 1.29 is 4.42 Å². The molecule has 0 aliphatic heterocycles. The van der Waals surface area contributed by atoms with Crippen molar-refractivity contribution in [2.24, 2.45) is 0 Å². The number of nitrogens with one attached hydrogen (secondary N) is 1. The topological polar surface area (TPSA) is 46.2 Å². The Morgan fingerprint density at radius 3 is 2.55 bits per heavy atom. The fourth-order valence-electron chi connectivity index (χ4n) is 4.45. The van der Waals surface area contributed by atoms with Gasteiger partial charge >= 0.3 is 5.84 Å². The number of hydrogen-bond acceptors (Lipinski definition) is 2.